The largest absolute Gasteiger partial charge is 0.378 e. The molecule has 6 nitrogen and oxygen atoms in total. The number of hydrogen-bond donors (Lipinski definition) is 0. The third-order valence-electron chi connectivity index (χ3n) is 4.07. The number of nitrogens with zero attached hydrogens (tertiary/aromatic N) is 3. The second kappa shape index (κ2) is 6.24. The molecule has 0 aliphatic carbocycles. The molecule has 1 aliphatic rings. The number of amides is 1. The van der Waals surface area contributed by atoms with Gasteiger partial charge in [-0.25, -0.2) is 8.42 Å². The average molecular weight is 345 g/mol. The molecule has 0 saturated carbocycles. The molecule has 0 bridgehead atoms. The predicted molar refractivity (Wildman–Crippen MR) is 91.8 cm³/mol. The normalized spacial score (nSPS) is 16.2. The zero-order chi connectivity index (χ0) is 17.3. The molecule has 0 spiro atoms. The predicted octanol–water partition coefficient (Wildman–Crippen LogP) is 1.58. The minimum atomic E-state index is -3.37. The topological polar surface area (TPSA) is 70.6 Å². The molecule has 2 aromatic rings. The summed E-state index contributed by atoms with van der Waals surface area (Å²) >= 11 is 0. The average Bonchev–Trinajstić information content (AvgIpc) is 2.71. The molecule has 0 radical (unpaired) electrons. The Morgan fingerprint density at radius 3 is 2.71 bits per heavy atom. The Balaban J connectivity index is 1.94. The van der Waals surface area contributed by atoms with E-state index in [0.29, 0.717) is 16.2 Å². The first-order valence-corrected chi connectivity index (χ1v) is 9.27. The Morgan fingerprint density at radius 1 is 1.21 bits per heavy atom. The lowest BCUT2D eigenvalue weighted by atomic mass is 10.2. The molecule has 0 saturated heterocycles. The SMILES string of the molecule is CN(C)c1ccnc(C(=O)N2CCS(=O)(=O)c3ccccc3C2)c1. The second-order valence-corrected chi connectivity index (χ2v) is 8.02. The highest BCUT2D eigenvalue weighted by Gasteiger charge is 2.28. The number of carbonyl (C=O) groups is 1. The van der Waals surface area contributed by atoms with Gasteiger partial charge in [-0.15, -0.1) is 0 Å². The number of aromatic nitrogens is 1. The highest BCUT2D eigenvalue weighted by molar-refractivity contribution is 7.91. The minimum absolute atomic E-state index is 0.0802. The number of hydrogen-bond acceptors (Lipinski definition) is 5. The Labute approximate surface area is 141 Å². The van der Waals surface area contributed by atoms with Crippen molar-refractivity contribution in [3.63, 3.8) is 0 Å². The minimum Gasteiger partial charge on any atom is -0.378 e. The van der Waals surface area contributed by atoms with Crippen LogP contribution in [-0.4, -0.2) is 50.6 Å². The summed E-state index contributed by atoms with van der Waals surface area (Å²) in [5.41, 5.74) is 1.83. The van der Waals surface area contributed by atoms with Crippen LogP contribution < -0.4 is 4.90 Å². The molecular weight excluding hydrogens is 326 g/mol. The number of carbonyl (C=O) groups excluding carboxylic acids is 1. The van der Waals surface area contributed by atoms with Crippen LogP contribution in [0.25, 0.3) is 0 Å². The van der Waals surface area contributed by atoms with Crippen LogP contribution in [0.1, 0.15) is 16.1 Å². The monoisotopic (exact) mass is 345 g/mol. The van der Waals surface area contributed by atoms with Crippen LogP contribution in [0.4, 0.5) is 5.69 Å². The van der Waals surface area contributed by atoms with Gasteiger partial charge >= 0.3 is 0 Å². The van der Waals surface area contributed by atoms with Crippen molar-refractivity contribution in [2.45, 2.75) is 11.4 Å². The fourth-order valence-corrected chi connectivity index (χ4v) is 4.21. The van der Waals surface area contributed by atoms with Crippen LogP contribution in [0.5, 0.6) is 0 Å². The third-order valence-corrected chi connectivity index (χ3v) is 5.85. The summed E-state index contributed by atoms with van der Waals surface area (Å²) in [5.74, 6) is -0.339. The summed E-state index contributed by atoms with van der Waals surface area (Å²) in [6.45, 7) is 0.422. The van der Waals surface area contributed by atoms with Crippen molar-refractivity contribution in [2.24, 2.45) is 0 Å². The van der Waals surface area contributed by atoms with Crippen molar-refractivity contribution in [1.29, 1.82) is 0 Å². The van der Waals surface area contributed by atoms with Crippen LogP contribution in [0, 0.1) is 0 Å². The lowest BCUT2D eigenvalue weighted by Crippen LogP contribution is -2.33. The zero-order valence-electron chi connectivity index (χ0n) is 13.6. The fraction of sp³-hybridized carbons (Fsp3) is 0.294. The van der Waals surface area contributed by atoms with Crippen molar-refractivity contribution in [3.8, 4) is 0 Å². The lowest BCUT2D eigenvalue weighted by Gasteiger charge is -2.21. The molecule has 2 heterocycles. The molecule has 24 heavy (non-hydrogen) atoms. The van der Waals surface area contributed by atoms with E-state index in [2.05, 4.69) is 4.98 Å². The summed E-state index contributed by atoms with van der Waals surface area (Å²) in [6.07, 6.45) is 1.59. The van der Waals surface area contributed by atoms with Gasteiger partial charge in [0, 0.05) is 39.1 Å². The Kier molecular flexibility index (Phi) is 4.28. The molecule has 7 heteroatoms. The van der Waals surface area contributed by atoms with Gasteiger partial charge in [0.25, 0.3) is 5.91 Å². The van der Waals surface area contributed by atoms with Gasteiger partial charge < -0.3 is 9.80 Å². The van der Waals surface area contributed by atoms with Crippen LogP contribution >= 0.6 is 0 Å². The molecule has 0 N–H and O–H groups in total. The standard InChI is InChI=1S/C17H19N3O3S/c1-19(2)14-7-8-18-15(11-14)17(21)20-9-10-24(22,23)16-6-4-3-5-13(16)12-20/h3-8,11H,9-10,12H2,1-2H3. The maximum atomic E-state index is 12.8. The van der Waals surface area contributed by atoms with Gasteiger partial charge in [-0.2, -0.15) is 0 Å². The molecule has 1 amide bonds. The first kappa shape index (κ1) is 16.4. The van der Waals surface area contributed by atoms with Crippen molar-refractivity contribution in [1.82, 2.24) is 9.88 Å². The van der Waals surface area contributed by atoms with E-state index in [9.17, 15) is 13.2 Å². The van der Waals surface area contributed by atoms with E-state index in [4.69, 9.17) is 0 Å². The number of rotatable bonds is 2. The van der Waals surface area contributed by atoms with Crippen molar-refractivity contribution < 1.29 is 13.2 Å². The first-order chi connectivity index (χ1) is 11.4. The molecular formula is C17H19N3O3S. The van der Waals surface area contributed by atoms with Crippen LogP contribution in [0.3, 0.4) is 0 Å². The van der Waals surface area contributed by atoms with Crippen LogP contribution in [0.2, 0.25) is 0 Å². The summed E-state index contributed by atoms with van der Waals surface area (Å²) < 4.78 is 24.8. The van der Waals surface area contributed by atoms with Gasteiger partial charge in [-0.3, -0.25) is 9.78 Å². The molecule has 1 aliphatic heterocycles. The van der Waals surface area contributed by atoms with Crippen LogP contribution in [-0.2, 0) is 16.4 Å². The fourth-order valence-electron chi connectivity index (χ4n) is 2.71. The lowest BCUT2D eigenvalue weighted by molar-refractivity contribution is 0.0748. The number of anilines is 1. The number of sulfone groups is 1. The van der Waals surface area contributed by atoms with E-state index in [1.54, 1.807) is 41.4 Å². The van der Waals surface area contributed by atoms with Crippen molar-refractivity contribution >= 4 is 21.4 Å². The van der Waals surface area contributed by atoms with Gasteiger partial charge in [-0.1, -0.05) is 18.2 Å². The molecule has 126 valence electrons. The summed E-state index contributed by atoms with van der Waals surface area (Å²) in [6, 6.07) is 10.4. The highest BCUT2D eigenvalue weighted by atomic mass is 32.2. The van der Waals surface area contributed by atoms with Gasteiger partial charge in [0.1, 0.15) is 5.69 Å². The first-order valence-electron chi connectivity index (χ1n) is 7.62. The van der Waals surface area contributed by atoms with E-state index in [0.717, 1.165) is 5.69 Å². The third kappa shape index (κ3) is 3.12. The summed E-state index contributed by atoms with van der Waals surface area (Å²) in [7, 11) is 0.403. The molecule has 1 aromatic heterocycles. The van der Waals surface area contributed by atoms with Crippen LogP contribution in [0.15, 0.2) is 47.5 Å². The maximum absolute atomic E-state index is 12.8. The second-order valence-electron chi connectivity index (χ2n) is 5.95. The summed E-state index contributed by atoms with van der Waals surface area (Å²) in [4.78, 5) is 20.7. The van der Waals surface area contributed by atoms with Crippen molar-refractivity contribution in [3.05, 3.63) is 53.9 Å². The zero-order valence-corrected chi connectivity index (χ0v) is 14.5. The number of fused-ring (bicyclic) bond motifs is 1. The molecule has 0 atom stereocenters. The quantitative estimate of drug-likeness (QED) is 0.826. The van der Waals surface area contributed by atoms with Gasteiger partial charge in [0.15, 0.2) is 9.84 Å². The molecule has 0 fully saturated rings. The van der Waals surface area contributed by atoms with E-state index >= 15 is 0 Å². The Hall–Kier alpha value is -2.41. The van der Waals surface area contributed by atoms with Crippen molar-refractivity contribution in [2.75, 3.05) is 31.3 Å². The number of pyridine rings is 1. The van der Waals surface area contributed by atoms with Gasteiger partial charge in [-0.05, 0) is 23.8 Å². The smallest absolute Gasteiger partial charge is 0.272 e. The van der Waals surface area contributed by atoms with E-state index in [1.807, 2.05) is 25.1 Å². The summed E-state index contributed by atoms with van der Waals surface area (Å²) in [5, 5.41) is 0. The van der Waals surface area contributed by atoms with E-state index < -0.39 is 9.84 Å². The van der Waals surface area contributed by atoms with E-state index in [1.165, 1.54) is 0 Å². The Morgan fingerprint density at radius 2 is 1.96 bits per heavy atom. The van der Waals surface area contributed by atoms with Gasteiger partial charge in [0.05, 0.1) is 10.6 Å². The maximum Gasteiger partial charge on any atom is 0.272 e. The van der Waals surface area contributed by atoms with Gasteiger partial charge in [0.2, 0.25) is 0 Å². The Bertz CT molecular complexity index is 878. The highest BCUT2D eigenvalue weighted by Crippen LogP contribution is 2.23. The molecule has 3 rings (SSSR count). The molecule has 0 unspecified atom stereocenters. The number of benzene rings is 1. The molecule has 1 aromatic carbocycles. The van der Waals surface area contributed by atoms with E-state index in [-0.39, 0.29) is 24.7 Å².